The van der Waals surface area contributed by atoms with Crippen LogP contribution in [0.3, 0.4) is 0 Å². The summed E-state index contributed by atoms with van der Waals surface area (Å²) in [4.78, 5) is 0. The predicted octanol–water partition coefficient (Wildman–Crippen LogP) is 1.91. The van der Waals surface area contributed by atoms with Crippen molar-refractivity contribution in [1.29, 1.82) is 0 Å². The van der Waals surface area contributed by atoms with E-state index >= 15 is 0 Å². The maximum atomic E-state index is 9.11. The average Bonchev–Trinajstić information content (AvgIpc) is 2.04. The largest absolute Gasteiger partial charge is 0.394 e. The van der Waals surface area contributed by atoms with Crippen LogP contribution in [0, 0.1) is 11.3 Å². The highest BCUT2D eigenvalue weighted by atomic mass is 16.3. The highest BCUT2D eigenvalue weighted by molar-refractivity contribution is 4.91. The lowest BCUT2D eigenvalue weighted by Gasteiger charge is -2.41. The zero-order valence-electron chi connectivity index (χ0n) is 9.14. The molecule has 2 nitrogen and oxygen atoms in total. The van der Waals surface area contributed by atoms with Crippen LogP contribution in [0.2, 0.25) is 0 Å². The number of aliphatic hydroxyl groups is 1. The second kappa shape index (κ2) is 3.58. The molecule has 1 fully saturated rings. The van der Waals surface area contributed by atoms with Crippen LogP contribution in [0.5, 0.6) is 0 Å². The zero-order valence-corrected chi connectivity index (χ0v) is 9.14. The number of nitrogens with two attached hydrogens (primary N) is 1. The molecule has 0 spiro atoms. The molecule has 0 aliphatic heterocycles. The normalized spacial score (nSPS) is 36.2. The van der Waals surface area contributed by atoms with Crippen molar-refractivity contribution in [3.05, 3.63) is 0 Å². The highest BCUT2D eigenvalue weighted by Gasteiger charge is 2.35. The summed E-state index contributed by atoms with van der Waals surface area (Å²) in [6, 6.07) is 0. The molecule has 0 amide bonds. The lowest BCUT2D eigenvalue weighted by atomic mass is 9.68. The summed E-state index contributed by atoms with van der Waals surface area (Å²) in [5.74, 6) is 0.774. The number of aliphatic hydroxyl groups excluding tert-OH is 1. The molecule has 0 atom stereocenters. The van der Waals surface area contributed by atoms with Crippen molar-refractivity contribution in [2.75, 3.05) is 6.61 Å². The summed E-state index contributed by atoms with van der Waals surface area (Å²) in [5.41, 5.74) is 6.14. The van der Waals surface area contributed by atoms with Gasteiger partial charge in [0, 0.05) is 5.54 Å². The quantitative estimate of drug-likeness (QED) is 0.655. The van der Waals surface area contributed by atoms with Crippen LogP contribution >= 0.6 is 0 Å². The van der Waals surface area contributed by atoms with Crippen molar-refractivity contribution in [2.24, 2.45) is 17.1 Å². The van der Waals surface area contributed by atoms with Gasteiger partial charge in [-0.2, -0.15) is 0 Å². The maximum Gasteiger partial charge on any atom is 0.0611 e. The van der Waals surface area contributed by atoms with E-state index < -0.39 is 0 Å². The molecule has 0 unspecified atom stereocenters. The molecule has 3 N–H and O–H groups in total. The van der Waals surface area contributed by atoms with Crippen LogP contribution in [0.1, 0.15) is 46.5 Å². The van der Waals surface area contributed by atoms with Gasteiger partial charge in [0.05, 0.1) is 6.61 Å². The number of rotatable bonds is 1. The maximum absolute atomic E-state index is 9.11. The molecule has 0 heterocycles. The minimum Gasteiger partial charge on any atom is -0.394 e. The summed E-state index contributed by atoms with van der Waals surface area (Å²) < 4.78 is 0. The first-order valence-electron chi connectivity index (χ1n) is 5.27. The third-order valence-electron chi connectivity index (χ3n) is 3.52. The first kappa shape index (κ1) is 11.0. The van der Waals surface area contributed by atoms with E-state index in [-0.39, 0.29) is 12.1 Å². The summed E-state index contributed by atoms with van der Waals surface area (Å²) in [5, 5.41) is 9.11. The topological polar surface area (TPSA) is 46.2 Å². The summed E-state index contributed by atoms with van der Waals surface area (Å²) in [7, 11) is 0. The first-order chi connectivity index (χ1) is 5.87. The van der Waals surface area contributed by atoms with Crippen molar-refractivity contribution in [3.63, 3.8) is 0 Å². The molecule has 0 aromatic heterocycles. The number of hydrogen-bond donors (Lipinski definition) is 2. The molecule has 1 aliphatic rings. The standard InChI is InChI=1S/C11H23NO/c1-10(2,3)9-4-6-11(12,8-13)7-5-9/h9,13H,4-8,12H2,1-3H3. The van der Waals surface area contributed by atoms with Gasteiger partial charge in [-0.05, 0) is 37.0 Å². The molecule has 1 saturated carbocycles. The number of hydrogen-bond acceptors (Lipinski definition) is 2. The zero-order chi connectivity index (χ0) is 10.1. The molecule has 0 aromatic carbocycles. The fourth-order valence-corrected chi connectivity index (χ4v) is 2.22. The van der Waals surface area contributed by atoms with Crippen LogP contribution in [0.4, 0.5) is 0 Å². The monoisotopic (exact) mass is 185 g/mol. The SMILES string of the molecule is CC(C)(C)C1CCC(N)(CO)CC1. The second-order valence-electron chi connectivity index (χ2n) is 5.66. The Hall–Kier alpha value is -0.0800. The summed E-state index contributed by atoms with van der Waals surface area (Å²) in [6.45, 7) is 7.02. The van der Waals surface area contributed by atoms with Crippen LogP contribution in [-0.2, 0) is 0 Å². The Kier molecular flexibility index (Phi) is 3.03. The molecular weight excluding hydrogens is 162 g/mol. The average molecular weight is 185 g/mol. The minimum atomic E-state index is -0.276. The Morgan fingerprint density at radius 3 is 2.08 bits per heavy atom. The molecule has 0 saturated heterocycles. The third kappa shape index (κ3) is 2.68. The Morgan fingerprint density at radius 1 is 1.31 bits per heavy atom. The van der Waals surface area contributed by atoms with E-state index in [1.165, 1.54) is 12.8 Å². The lowest BCUT2D eigenvalue weighted by Crippen LogP contribution is -2.47. The van der Waals surface area contributed by atoms with E-state index in [9.17, 15) is 0 Å². The third-order valence-corrected chi connectivity index (χ3v) is 3.52. The van der Waals surface area contributed by atoms with E-state index in [1.54, 1.807) is 0 Å². The van der Waals surface area contributed by atoms with E-state index in [0.29, 0.717) is 5.41 Å². The smallest absolute Gasteiger partial charge is 0.0611 e. The molecule has 0 aromatic rings. The van der Waals surface area contributed by atoms with Gasteiger partial charge >= 0.3 is 0 Å². The minimum absolute atomic E-state index is 0.143. The van der Waals surface area contributed by atoms with Gasteiger partial charge in [0.15, 0.2) is 0 Å². The Morgan fingerprint density at radius 2 is 1.77 bits per heavy atom. The fourth-order valence-electron chi connectivity index (χ4n) is 2.22. The van der Waals surface area contributed by atoms with E-state index in [4.69, 9.17) is 10.8 Å². The van der Waals surface area contributed by atoms with E-state index in [2.05, 4.69) is 20.8 Å². The highest BCUT2D eigenvalue weighted by Crippen LogP contribution is 2.40. The van der Waals surface area contributed by atoms with Gasteiger partial charge in [0.1, 0.15) is 0 Å². The predicted molar refractivity (Wildman–Crippen MR) is 55.4 cm³/mol. The first-order valence-corrected chi connectivity index (χ1v) is 5.27. The van der Waals surface area contributed by atoms with Gasteiger partial charge < -0.3 is 10.8 Å². The molecule has 0 radical (unpaired) electrons. The van der Waals surface area contributed by atoms with Gasteiger partial charge in [0.2, 0.25) is 0 Å². The lowest BCUT2D eigenvalue weighted by molar-refractivity contribution is 0.0931. The van der Waals surface area contributed by atoms with Gasteiger partial charge in [-0.1, -0.05) is 20.8 Å². The van der Waals surface area contributed by atoms with Crippen molar-refractivity contribution >= 4 is 0 Å². The fraction of sp³-hybridized carbons (Fsp3) is 1.00. The van der Waals surface area contributed by atoms with Crippen molar-refractivity contribution < 1.29 is 5.11 Å². The molecule has 1 aliphatic carbocycles. The van der Waals surface area contributed by atoms with Crippen molar-refractivity contribution in [1.82, 2.24) is 0 Å². The van der Waals surface area contributed by atoms with E-state index in [0.717, 1.165) is 18.8 Å². The molecule has 13 heavy (non-hydrogen) atoms. The van der Waals surface area contributed by atoms with Crippen molar-refractivity contribution in [2.45, 2.75) is 52.0 Å². The van der Waals surface area contributed by atoms with Crippen LogP contribution < -0.4 is 5.73 Å². The van der Waals surface area contributed by atoms with Gasteiger partial charge in [-0.3, -0.25) is 0 Å². The van der Waals surface area contributed by atoms with E-state index in [1.807, 2.05) is 0 Å². The molecule has 78 valence electrons. The van der Waals surface area contributed by atoms with Crippen LogP contribution in [0.25, 0.3) is 0 Å². The molecule has 0 bridgehead atoms. The molecule has 1 rings (SSSR count). The second-order valence-corrected chi connectivity index (χ2v) is 5.66. The van der Waals surface area contributed by atoms with Crippen molar-refractivity contribution in [3.8, 4) is 0 Å². The molecular formula is C11H23NO. The van der Waals surface area contributed by atoms with Crippen LogP contribution in [0.15, 0.2) is 0 Å². The Bertz CT molecular complexity index is 163. The molecule has 2 heteroatoms. The summed E-state index contributed by atoms with van der Waals surface area (Å²) >= 11 is 0. The summed E-state index contributed by atoms with van der Waals surface area (Å²) in [6.07, 6.45) is 4.29. The van der Waals surface area contributed by atoms with Gasteiger partial charge in [-0.25, -0.2) is 0 Å². The van der Waals surface area contributed by atoms with Gasteiger partial charge in [-0.15, -0.1) is 0 Å². The van der Waals surface area contributed by atoms with Gasteiger partial charge in [0.25, 0.3) is 0 Å². The Labute approximate surface area is 81.5 Å². The Balaban J connectivity index is 2.48. The van der Waals surface area contributed by atoms with Crippen LogP contribution in [-0.4, -0.2) is 17.3 Å².